The predicted molar refractivity (Wildman–Crippen MR) is 159 cm³/mol. The van der Waals surface area contributed by atoms with Gasteiger partial charge in [0, 0.05) is 17.2 Å². The topological polar surface area (TPSA) is 39.2 Å². The van der Waals surface area contributed by atoms with Crippen molar-refractivity contribution < 1.29 is 14.0 Å². The Kier molecular flexibility index (Phi) is 5.42. The van der Waals surface area contributed by atoms with E-state index in [1.54, 1.807) is 0 Å². The molecule has 0 radical (unpaired) electrons. The van der Waals surface area contributed by atoms with Gasteiger partial charge in [0.05, 0.1) is 35.7 Å². The van der Waals surface area contributed by atoms with Crippen LogP contribution in [0.15, 0.2) is 85.3 Å². The van der Waals surface area contributed by atoms with Crippen molar-refractivity contribution in [2.75, 3.05) is 0 Å². The van der Waals surface area contributed by atoms with Gasteiger partial charge in [0.25, 0.3) is 5.65 Å². The highest BCUT2D eigenvalue weighted by Crippen LogP contribution is 2.39. The van der Waals surface area contributed by atoms with Gasteiger partial charge in [-0.2, -0.15) is 4.40 Å². The molecule has 0 N–H and O–H groups in total. The van der Waals surface area contributed by atoms with Crippen LogP contribution in [0.3, 0.4) is 0 Å². The number of aryl methyl sites for hydroxylation is 3. The third-order valence-corrected chi connectivity index (χ3v) is 8.30. The molecule has 0 saturated heterocycles. The van der Waals surface area contributed by atoms with Crippen LogP contribution < -0.4 is 14.0 Å². The number of hydrogen-bond acceptors (Lipinski definition) is 2. The summed E-state index contributed by atoms with van der Waals surface area (Å²) in [4.78, 5) is 5.13. The lowest BCUT2D eigenvalue weighted by atomic mass is 9.95. The maximum atomic E-state index is 6.68. The molecule has 7 rings (SSSR count). The monoisotopic (exact) mass is 527 g/mol. The van der Waals surface area contributed by atoms with Gasteiger partial charge in [0.1, 0.15) is 22.7 Å². The standard InChI is InChI=1S/C34H33N5O/c1-21(2)24-12-9-16-28-32(24)33-31(34-37(6)26-13-7-8-14-27(26)39(28)34)23(4)30(20-35-33)40-29-17-10-15-25(22(29)3)38-19-11-18-36(38)5/h7-21H,1-6H3/q+2. The summed E-state index contributed by atoms with van der Waals surface area (Å²) in [5.74, 6) is 1.94. The van der Waals surface area contributed by atoms with E-state index >= 15 is 0 Å². The van der Waals surface area contributed by atoms with Crippen LogP contribution in [0.1, 0.15) is 36.5 Å². The molecular weight excluding hydrogens is 494 g/mol. The molecule has 3 aromatic carbocycles. The first-order valence-electron chi connectivity index (χ1n) is 13.8. The molecule has 0 fully saturated rings. The molecule has 0 unspecified atom stereocenters. The summed E-state index contributed by atoms with van der Waals surface area (Å²) in [5, 5.41) is 2.32. The predicted octanol–water partition coefficient (Wildman–Crippen LogP) is 6.77. The zero-order valence-electron chi connectivity index (χ0n) is 23.8. The second kappa shape index (κ2) is 8.91. The molecule has 4 aromatic heterocycles. The maximum absolute atomic E-state index is 6.68. The van der Waals surface area contributed by atoms with Crippen LogP contribution in [0.5, 0.6) is 11.5 Å². The summed E-state index contributed by atoms with van der Waals surface area (Å²) in [7, 11) is 4.18. The molecule has 198 valence electrons. The van der Waals surface area contributed by atoms with Crippen LogP contribution in [0.2, 0.25) is 0 Å². The van der Waals surface area contributed by atoms with E-state index in [9.17, 15) is 0 Å². The fourth-order valence-electron chi connectivity index (χ4n) is 6.22. The van der Waals surface area contributed by atoms with Crippen molar-refractivity contribution >= 4 is 38.5 Å². The zero-order valence-corrected chi connectivity index (χ0v) is 23.8. The maximum Gasteiger partial charge on any atom is 0.297 e. The molecule has 0 aliphatic carbocycles. The Morgan fingerprint density at radius 3 is 2.35 bits per heavy atom. The molecule has 0 bridgehead atoms. The van der Waals surface area contributed by atoms with E-state index in [1.165, 1.54) is 27.5 Å². The summed E-state index contributed by atoms with van der Waals surface area (Å²) in [6.45, 7) is 8.77. The Bertz CT molecular complexity index is 2120. The van der Waals surface area contributed by atoms with E-state index in [2.05, 4.69) is 108 Å². The Morgan fingerprint density at radius 1 is 0.800 bits per heavy atom. The summed E-state index contributed by atoms with van der Waals surface area (Å²) in [5.41, 5.74) is 10.2. The van der Waals surface area contributed by atoms with Crippen LogP contribution in [-0.4, -0.2) is 14.1 Å². The molecule has 7 aromatic rings. The zero-order chi connectivity index (χ0) is 27.7. The summed E-state index contributed by atoms with van der Waals surface area (Å²) in [6.07, 6.45) is 5.99. The number of benzene rings is 3. The lowest BCUT2D eigenvalue weighted by Gasteiger charge is -2.16. The van der Waals surface area contributed by atoms with Crippen LogP contribution in [0.25, 0.3) is 44.2 Å². The molecule has 40 heavy (non-hydrogen) atoms. The van der Waals surface area contributed by atoms with Crippen molar-refractivity contribution in [3.63, 3.8) is 0 Å². The fourth-order valence-corrected chi connectivity index (χ4v) is 6.22. The van der Waals surface area contributed by atoms with Gasteiger partial charge in [0.2, 0.25) is 0 Å². The van der Waals surface area contributed by atoms with E-state index in [1.807, 2.05) is 37.6 Å². The van der Waals surface area contributed by atoms with E-state index in [0.717, 1.165) is 44.9 Å². The van der Waals surface area contributed by atoms with E-state index in [0.29, 0.717) is 5.92 Å². The molecule has 4 heterocycles. The largest absolute Gasteiger partial charge is 0.455 e. The van der Waals surface area contributed by atoms with Gasteiger partial charge in [-0.25, -0.2) is 4.57 Å². The van der Waals surface area contributed by atoms with Gasteiger partial charge in [-0.3, -0.25) is 4.98 Å². The average Bonchev–Trinajstić information content (AvgIpc) is 3.51. The first kappa shape index (κ1) is 24.3. The van der Waals surface area contributed by atoms with Crippen LogP contribution in [0, 0.1) is 13.8 Å². The number of aromatic nitrogens is 5. The molecule has 0 atom stereocenters. The molecule has 0 spiro atoms. The number of pyridine rings is 2. The van der Waals surface area contributed by atoms with Gasteiger partial charge < -0.3 is 4.74 Å². The Balaban J connectivity index is 1.54. The van der Waals surface area contributed by atoms with Gasteiger partial charge >= 0.3 is 0 Å². The van der Waals surface area contributed by atoms with Gasteiger partial charge in [-0.05, 0) is 55.7 Å². The average molecular weight is 528 g/mol. The summed E-state index contributed by atoms with van der Waals surface area (Å²) < 4.78 is 15.5. The minimum absolute atomic E-state index is 0.360. The van der Waals surface area contributed by atoms with Crippen LogP contribution >= 0.6 is 0 Å². The van der Waals surface area contributed by atoms with Crippen LogP contribution in [0.4, 0.5) is 0 Å². The Labute approximate surface area is 233 Å². The van der Waals surface area contributed by atoms with Crippen molar-refractivity contribution in [3.8, 4) is 17.2 Å². The highest BCUT2D eigenvalue weighted by molar-refractivity contribution is 6.13. The third kappa shape index (κ3) is 3.38. The summed E-state index contributed by atoms with van der Waals surface area (Å²) in [6, 6.07) is 23.5. The minimum atomic E-state index is 0.360. The van der Waals surface area contributed by atoms with Crippen molar-refractivity contribution in [2.24, 2.45) is 14.1 Å². The molecule has 0 aliphatic heterocycles. The normalized spacial score (nSPS) is 12.0. The van der Waals surface area contributed by atoms with Gasteiger partial charge in [-0.15, -0.1) is 9.36 Å². The highest BCUT2D eigenvalue weighted by atomic mass is 16.5. The number of imidazole rings is 1. The third-order valence-electron chi connectivity index (χ3n) is 8.30. The second-order valence-corrected chi connectivity index (χ2v) is 11.0. The molecular formula is C34H33N5O+2. The minimum Gasteiger partial charge on any atom is -0.455 e. The SMILES string of the molecule is Cc1c(Oc2cnc3c4c(C(C)C)cccc4n4c5ccccc5[n+](C)c4c3c2C)cccc1-n1ccc[n+]1C. The summed E-state index contributed by atoms with van der Waals surface area (Å²) >= 11 is 0. The highest BCUT2D eigenvalue weighted by Gasteiger charge is 2.27. The first-order chi connectivity index (χ1) is 19.4. The Hall–Kier alpha value is -4.71. The Morgan fingerprint density at radius 2 is 1.57 bits per heavy atom. The number of fused-ring (bicyclic) bond motifs is 8. The van der Waals surface area contributed by atoms with Crippen LogP contribution in [-0.2, 0) is 14.1 Å². The molecule has 0 aliphatic rings. The van der Waals surface area contributed by atoms with Crippen molar-refractivity contribution in [1.82, 2.24) is 14.1 Å². The number of rotatable bonds is 4. The first-order valence-corrected chi connectivity index (χ1v) is 13.8. The van der Waals surface area contributed by atoms with Gasteiger partial charge in [0.15, 0.2) is 24.3 Å². The lowest BCUT2D eigenvalue weighted by molar-refractivity contribution is -0.744. The number of para-hydroxylation sites is 2. The number of nitrogens with zero attached hydrogens (tertiary/aromatic N) is 5. The quantitative estimate of drug-likeness (QED) is 0.187. The fraction of sp³-hybridized carbons (Fsp3) is 0.206. The van der Waals surface area contributed by atoms with E-state index in [-0.39, 0.29) is 0 Å². The molecule has 0 amide bonds. The van der Waals surface area contributed by atoms with Crippen molar-refractivity contribution in [2.45, 2.75) is 33.6 Å². The van der Waals surface area contributed by atoms with Crippen molar-refractivity contribution in [1.29, 1.82) is 0 Å². The van der Waals surface area contributed by atoms with E-state index < -0.39 is 0 Å². The molecule has 6 heteroatoms. The van der Waals surface area contributed by atoms with E-state index in [4.69, 9.17) is 9.72 Å². The number of ether oxygens (including phenoxy) is 1. The molecule has 6 nitrogen and oxygen atoms in total. The smallest absolute Gasteiger partial charge is 0.297 e. The van der Waals surface area contributed by atoms with Gasteiger partial charge in [-0.1, -0.05) is 44.2 Å². The van der Waals surface area contributed by atoms with Crippen molar-refractivity contribution in [3.05, 3.63) is 102 Å². The number of hydrogen-bond donors (Lipinski definition) is 0. The lowest BCUT2D eigenvalue weighted by Crippen LogP contribution is -2.36. The molecule has 0 saturated carbocycles. The second-order valence-electron chi connectivity index (χ2n) is 11.0.